The van der Waals surface area contributed by atoms with Crippen LogP contribution in [0.3, 0.4) is 0 Å². The number of hydrogen-bond donors (Lipinski definition) is 0. The number of hydrogen-bond acceptors (Lipinski definition) is 4. The van der Waals surface area contributed by atoms with E-state index in [1.165, 1.54) is 12.8 Å². The van der Waals surface area contributed by atoms with Crippen LogP contribution < -0.4 is 0 Å². The first-order chi connectivity index (χ1) is 10.3. The highest BCUT2D eigenvalue weighted by Crippen LogP contribution is 2.44. The molecule has 0 aliphatic heterocycles. The van der Waals surface area contributed by atoms with Gasteiger partial charge in [-0.3, -0.25) is 0 Å². The molecule has 1 fully saturated rings. The quantitative estimate of drug-likeness (QED) is 0.835. The van der Waals surface area contributed by atoms with Crippen molar-refractivity contribution < 1.29 is 4.74 Å². The molecule has 0 N–H and O–H groups in total. The summed E-state index contributed by atoms with van der Waals surface area (Å²) in [7, 11) is 0. The average molecular weight is 298 g/mol. The fraction of sp³-hybridized carbons (Fsp3) is 0.412. The maximum absolute atomic E-state index is 9.01. The molecule has 1 aromatic heterocycles. The van der Waals surface area contributed by atoms with Gasteiger partial charge in [-0.1, -0.05) is 25.0 Å². The van der Waals surface area contributed by atoms with E-state index < -0.39 is 0 Å². The van der Waals surface area contributed by atoms with E-state index in [9.17, 15) is 0 Å². The fourth-order valence-electron chi connectivity index (χ4n) is 3.01. The van der Waals surface area contributed by atoms with Crippen molar-refractivity contribution in [3.8, 4) is 17.3 Å². The molecule has 1 aliphatic carbocycles. The van der Waals surface area contributed by atoms with E-state index in [4.69, 9.17) is 15.0 Å². The van der Waals surface area contributed by atoms with Gasteiger partial charge < -0.3 is 4.74 Å². The monoisotopic (exact) mass is 298 g/mol. The summed E-state index contributed by atoms with van der Waals surface area (Å²) in [6.07, 6.45) is 4.54. The van der Waals surface area contributed by atoms with Gasteiger partial charge in [0.05, 0.1) is 17.3 Å². The second-order valence-electron chi connectivity index (χ2n) is 5.36. The molecule has 0 unspecified atom stereocenters. The Bertz CT molecular complexity index is 665. The molecule has 1 heterocycles. The molecule has 0 spiro atoms. The molecular formula is C17H18N2OS. The first kappa shape index (κ1) is 14.2. The van der Waals surface area contributed by atoms with E-state index in [2.05, 4.69) is 11.4 Å². The Kier molecular flexibility index (Phi) is 4.05. The lowest BCUT2D eigenvalue weighted by Gasteiger charge is -2.26. The number of thiazole rings is 1. The standard InChI is InChI=1S/C17H18N2OS/c1-2-20-17(8-3-4-9-17)16-19-15(12-21-16)14-7-5-6-13(10-14)11-18/h5-7,10,12H,2-4,8-9H2,1H3. The Morgan fingerprint density at radius 1 is 1.38 bits per heavy atom. The molecule has 0 amide bonds. The molecule has 2 aromatic rings. The number of nitrogens with zero attached hydrogens (tertiary/aromatic N) is 2. The van der Waals surface area contributed by atoms with Crippen LogP contribution in [0.1, 0.15) is 43.2 Å². The average Bonchev–Trinajstić information content (AvgIpc) is 3.17. The van der Waals surface area contributed by atoms with Crippen molar-refractivity contribution in [3.05, 3.63) is 40.2 Å². The summed E-state index contributed by atoms with van der Waals surface area (Å²) in [5, 5.41) is 12.2. The Morgan fingerprint density at radius 2 is 2.19 bits per heavy atom. The number of rotatable bonds is 4. The van der Waals surface area contributed by atoms with Crippen molar-refractivity contribution in [1.82, 2.24) is 4.98 Å². The van der Waals surface area contributed by atoms with Gasteiger partial charge in [-0.15, -0.1) is 11.3 Å². The normalized spacial score (nSPS) is 16.8. The topological polar surface area (TPSA) is 45.9 Å². The van der Waals surface area contributed by atoms with Crippen molar-refractivity contribution >= 4 is 11.3 Å². The van der Waals surface area contributed by atoms with E-state index in [1.807, 2.05) is 31.2 Å². The zero-order valence-corrected chi connectivity index (χ0v) is 12.9. The SMILES string of the molecule is CCOC1(c2nc(-c3cccc(C#N)c3)cs2)CCCC1. The third-order valence-corrected chi connectivity index (χ3v) is 5.04. The summed E-state index contributed by atoms with van der Waals surface area (Å²) in [6.45, 7) is 2.77. The van der Waals surface area contributed by atoms with Crippen molar-refractivity contribution in [2.24, 2.45) is 0 Å². The van der Waals surface area contributed by atoms with E-state index in [0.717, 1.165) is 35.7 Å². The number of benzene rings is 1. The molecule has 4 heteroatoms. The van der Waals surface area contributed by atoms with Crippen molar-refractivity contribution in [3.63, 3.8) is 0 Å². The Hall–Kier alpha value is -1.70. The van der Waals surface area contributed by atoms with Crippen LogP contribution in [-0.2, 0) is 10.3 Å². The predicted molar refractivity (Wildman–Crippen MR) is 84.0 cm³/mol. The van der Waals surface area contributed by atoms with Crippen LogP contribution in [0, 0.1) is 11.3 Å². The van der Waals surface area contributed by atoms with Crippen LogP contribution in [0.2, 0.25) is 0 Å². The molecular weight excluding hydrogens is 280 g/mol. The van der Waals surface area contributed by atoms with Gasteiger partial charge in [0.25, 0.3) is 0 Å². The molecule has 108 valence electrons. The summed E-state index contributed by atoms with van der Waals surface area (Å²) in [4.78, 5) is 4.81. The van der Waals surface area contributed by atoms with Crippen molar-refractivity contribution in [2.75, 3.05) is 6.61 Å². The lowest BCUT2D eigenvalue weighted by atomic mass is 10.0. The molecule has 3 rings (SSSR count). The molecule has 0 radical (unpaired) electrons. The molecule has 0 atom stereocenters. The third-order valence-electron chi connectivity index (χ3n) is 4.01. The summed E-state index contributed by atoms with van der Waals surface area (Å²) in [6, 6.07) is 9.79. The van der Waals surface area contributed by atoms with Gasteiger partial charge in [0.1, 0.15) is 10.6 Å². The highest BCUT2D eigenvalue weighted by molar-refractivity contribution is 7.10. The molecule has 0 bridgehead atoms. The Morgan fingerprint density at radius 3 is 2.90 bits per heavy atom. The summed E-state index contributed by atoms with van der Waals surface area (Å²) in [5.41, 5.74) is 2.44. The maximum atomic E-state index is 9.01. The second-order valence-corrected chi connectivity index (χ2v) is 6.22. The van der Waals surface area contributed by atoms with Gasteiger partial charge in [0.15, 0.2) is 0 Å². The minimum Gasteiger partial charge on any atom is -0.368 e. The minimum atomic E-state index is -0.176. The Balaban J connectivity index is 1.94. The van der Waals surface area contributed by atoms with E-state index in [-0.39, 0.29) is 5.60 Å². The number of aromatic nitrogens is 1. The number of ether oxygens (including phenoxy) is 1. The third kappa shape index (κ3) is 2.72. The zero-order valence-electron chi connectivity index (χ0n) is 12.1. The molecule has 1 aliphatic rings. The van der Waals surface area contributed by atoms with Crippen LogP contribution in [0.4, 0.5) is 0 Å². The fourth-order valence-corrected chi connectivity index (χ4v) is 4.05. The van der Waals surface area contributed by atoms with Crippen LogP contribution in [0.5, 0.6) is 0 Å². The van der Waals surface area contributed by atoms with Crippen LogP contribution in [-0.4, -0.2) is 11.6 Å². The first-order valence-electron chi connectivity index (χ1n) is 7.38. The van der Waals surface area contributed by atoms with Gasteiger partial charge in [0, 0.05) is 17.6 Å². The lowest BCUT2D eigenvalue weighted by Crippen LogP contribution is -2.25. The molecule has 0 saturated heterocycles. The second kappa shape index (κ2) is 5.97. The molecule has 21 heavy (non-hydrogen) atoms. The van der Waals surface area contributed by atoms with Crippen molar-refractivity contribution in [1.29, 1.82) is 5.26 Å². The van der Waals surface area contributed by atoms with Gasteiger partial charge in [-0.2, -0.15) is 5.26 Å². The lowest BCUT2D eigenvalue weighted by molar-refractivity contribution is -0.0390. The number of nitriles is 1. The van der Waals surface area contributed by atoms with Crippen LogP contribution in [0.25, 0.3) is 11.3 Å². The van der Waals surface area contributed by atoms with Crippen LogP contribution >= 0.6 is 11.3 Å². The van der Waals surface area contributed by atoms with E-state index >= 15 is 0 Å². The highest BCUT2D eigenvalue weighted by Gasteiger charge is 2.39. The predicted octanol–water partition coefficient (Wildman–Crippen LogP) is 4.49. The molecule has 1 aromatic carbocycles. The summed E-state index contributed by atoms with van der Waals surface area (Å²) in [5.74, 6) is 0. The largest absolute Gasteiger partial charge is 0.368 e. The van der Waals surface area contributed by atoms with E-state index in [1.54, 1.807) is 11.3 Å². The first-order valence-corrected chi connectivity index (χ1v) is 8.26. The summed E-state index contributed by atoms with van der Waals surface area (Å²) < 4.78 is 6.07. The van der Waals surface area contributed by atoms with Crippen molar-refractivity contribution in [2.45, 2.75) is 38.2 Å². The smallest absolute Gasteiger partial charge is 0.125 e. The van der Waals surface area contributed by atoms with Gasteiger partial charge in [0.2, 0.25) is 0 Å². The van der Waals surface area contributed by atoms with Crippen LogP contribution in [0.15, 0.2) is 29.6 Å². The molecule has 3 nitrogen and oxygen atoms in total. The van der Waals surface area contributed by atoms with Gasteiger partial charge in [-0.25, -0.2) is 4.98 Å². The highest BCUT2D eigenvalue weighted by atomic mass is 32.1. The summed E-state index contributed by atoms with van der Waals surface area (Å²) >= 11 is 1.67. The van der Waals surface area contributed by atoms with Gasteiger partial charge in [-0.05, 0) is 31.9 Å². The zero-order chi connectivity index (χ0) is 14.7. The molecule has 1 saturated carbocycles. The van der Waals surface area contributed by atoms with Gasteiger partial charge >= 0.3 is 0 Å². The van der Waals surface area contributed by atoms with E-state index in [0.29, 0.717) is 5.56 Å². The Labute approximate surface area is 129 Å². The maximum Gasteiger partial charge on any atom is 0.125 e. The minimum absolute atomic E-state index is 0.176.